The van der Waals surface area contributed by atoms with Crippen molar-refractivity contribution in [2.24, 2.45) is 0 Å². The summed E-state index contributed by atoms with van der Waals surface area (Å²) in [5.41, 5.74) is 12.4. The second-order valence-electron chi connectivity index (χ2n) is 8.10. The molecule has 1 saturated heterocycles. The number of pyridine rings is 1. The highest BCUT2D eigenvalue weighted by molar-refractivity contribution is 7.22. The summed E-state index contributed by atoms with van der Waals surface area (Å²) in [6.45, 7) is 2.07. The first-order valence-electron chi connectivity index (χ1n) is 10.8. The molecule has 0 aliphatic carbocycles. The third-order valence-electron chi connectivity index (χ3n) is 6.07. The molecule has 1 aliphatic rings. The summed E-state index contributed by atoms with van der Waals surface area (Å²) in [6.07, 6.45) is 9.99. The summed E-state index contributed by atoms with van der Waals surface area (Å²) >= 11 is 1.64. The number of piperidine rings is 1. The van der Waals surface area contributed by atoms with Crippen molar-refractivity contribution in [3.63, 3.8) is 0 Å². The van der Waals surface area contributed by atoms with Crippen LogP contribution >= 0.6 is 36.2 Å². The Hall–Kier alpha value is -2.91. The van der Waals surface area contributed by atoms with Gasteiger partial charge in [0.2, 0.25) is 0 Å². The quantitative estimate of drug-likeness (QED) is 0.292. The number of nitrogen functional groups attached to an aromatic ring is 1. The summed E-state index contributed by atoms with van der Waals surface area (Å²) in [7, 11) is 0. The first-order valence-corrected chi connectivity index (χ1v) is 11.6. The van der Waals surface area contributed by atoms with E-state index < -0.39 is 0 Å². The van der Waals surface area contributed by atoms with Crippen LogP contribution < -0.4 is 11.1 Å². The van der Waals surface area contributed by atoms with Crippen molar-refractivity contribution in [2.75, 3.05) is 18.8 Å². The molecule has 0 spiro atoms. The molecule has 7 nitrogen and oxygen atoms in total. The van der Waals surface area contributed by atoms with E-state index in [1.54, 1.807) is 11.3 Å². The molecule has 0 amide bonds. The van der Waals surface area contributed by atoms with E-state index in [4.69, 9.17) is 10.7 Å². The number of hydrogen-bond donors (Lipinski definition) is 3. The SMILES string of the molecule is Cl.Cl.Nc1ncc(-c2cnn(C3CCNCC3)c2)cc1-c1nc2cccc(-c3ccc[nH]3)c2s1. The van der Waals surface area contributed by atoms with E-state index in [1.807, 2.05) is 36.8 Å². The van der Waals surface area contributed by atoms with Crippen LogP contribution in [0.2, 0.25) is 0 Å². The van der Waals surface area contributed by atoms with E-state index in [2.05, 4.69) is 49.5 Å². The van der Waals surface area contributed by atoms with Crippen LogP contribution in [-0.4, -0.2) is 37.8 Å². The Morgan fingerprint density at radius 1 is 1.00 bits per heavy atom. The Bertz CT molecular complexity index is 1390. The van der Waals surface area contributed by atoms with Crippen LogP contribution in [0.1, 0.15) is 18.9 Å². The predicted molar refractivity (Wildman–Crippen MR) is 144 cm³/mol. The van der Waals surface area contributed by atoms with E-state index in [0.717, 1.165) is 69.1 Å². The van der Waals surface area contributed by atoms with Crippen LogP contribution in [0.3, 0.4) is 0 Å². The number of nitrogens with two attached hydrogens (primary N) is 1. The number of H-pyrrole nitrogens is 1. The number of nitrogens with zero attached hydrogens (tertiary/aromatic N) is 4. The third-order valence-corrected chi connectivity index (χ3v) is 7.21. The van der Waals surface area contributed by atoms with Crippen LogP contribution in [0.5, 0.6) is 0 Å². The molecule has 0 radical (unpaired) electrons. The Balaban J connectivity index is 0.00000137. The average molecular weight is 514 g/mol. The van der Waals surface area contributed by atoms with Gasteiger partial charge < -0.3 is 16.0 Å². The van der Waals surface area contributed by atoms with E-state index in [1.165, 1.54) is 0 Å². The van der Waals surface area contributed by atoms with E-state index >= 15 is 0 Å². The zero-order valence-corrected chi connectivity index (χ0v) is 20.7. The number of fused-ring (bicyclic) bond motifs is 1. The van der Waals surface area contributed by atoms with Crippen molar-refractivity contribution < 1.29 is 0 Å². The first-order chi connectivity index (χ1) is 15.8. The molecule has 1 fully saturated rings. The summed E-state index contributed by atoms with van der Waals surface area (Å²) in [5, 5.41) is 8.91. The Morgan fingerprint density at radius 3 is 2.65 bits per heavy atom. The molecule has 0 bridgehead atoms. The number of thiazole rings is 1. The maximum absolute atomic E-state index is 6.30. The van der Waals surface area contributed by atoms with Gasteiger partial charge in [-0.05, 0) is 50.2 Å². The molecule has 5 aromatic rings. The third kappa shape index (κ3) is 4.42. The van der Waals surface area contributed by atoms with Gasteiger partial charge in [0, 0.05) is 41.0 Å². The molecule has 6 rings (SSSR count). The lowest BCUT2D eigenvalue weighted by Gasteiger charge is -2.22. The van der Waals surface area contributed by atoms with Gasteiger partial charge in [-0.1, -0.05) is 12.1 Å². The molecule has 1 aromatic carbocycles. The molecular weight excluding hydrogens is 489 g/mol. The first kappa shape index (κ1) is 24.2. The molecule has 4 aromatic heterocycles. The van der Waals surface area contributed by atoms with Gasteiger partial charge in [-0.25, -0.2) is 9.97 Å². The highest BCUT2D eigenvalue weighted by Crippen LogP contribution is 2.39. The number of aromatic amines is 1. The fourth-order valence-corrected chi connectivity index (χ4v) is 5.45. The van der Waals surface area contributed by atoms with E-state index in [0.29, 0.717) is 11.9 Å². The molecule has 34 heavy (non-hydrogen) atoms. The van der Waals surface area contributed by atoms with Gasteiger partial charge in [0.15, 0.2) is 0 Å². The molecule has 0 atom stereocenters. The van der Waals surface area contributed by atoms with Crippen molar-refractivity contribution >= 4 is 52.2 Å². The van der Waals surface area contributed by atoms with Gasteiger partial charge in [-0.15, -0.1) is 36.2 Å². The van der Waals surface area contributed by atoms with Crippen LogP contribution in [0, 0.1) is 0 Å². The summed E-state index contributed by atoms with van der Waals surface area (Å²) in [4.78, 5) is 12.7. The maximum atomic E-state index is 6.30. The number of anilines is 1. The van der Waals surface area contributed by atoms with Gasteiger partial charge in [-0.3, -0.25) is 4.68 Å². The van der Waals surface area contributed by atoms with Crippen molar-refractivity contribution in [3.05, 3.63) is 61.2 Å². The lowest BCUT2D eigenvalue weighted by molar-refractivity contribution is 0.343. The number of halogens is 2. The lowest BCUT2D eigenvalue weighted by Crippen LogP contribution is -2.29. The minimum atomic E-state index is 0. The topological polar surface area (TPSA) is 97.4 Å². The number of nitrogens with one attached hydrogen (secondary N) is 2. The second kappa shape index (κ2) is 10.1. The van der Waals surface area contributed by atoms with Gasteiger partial charge >= 0.3 is 0 Å². The van der Waals surface area contributed by atoms with Crippen molar-refractivity contribution in [2.45, 2.75) is 18.9 Å². The van der Waals surface area contributed by atoms with Crippen LogP contribution in [0.15, 0.2) is 61.2 Å². The second-order valence-corrected chi connectivity index (χ2v) is 9.10. The van der Waals surface area contributed by atoms with Crippen molar-refractivity contribution in [1.29, 1.82) is 0 Å². The van der Waals surface area contributed by atoms with Crippen LogP contribution in [0.4, 0.5) is 5.82 Å². The Labute approximate surface area is 213 Å². The fourth-order valence-electron chi connectivity index (χ4n) is 4.34. The van der Waals surface area contributed by atoms with Crippen molar-refractivity contribution in [1.82, 2.24) is 30.0 Å². The van der Waals surface area contributed by atoms with E-state index in [-0.39, 0.29) is 24.8 Å². The number of benzene rings is 1. The number of rotatable bonds is 4. The summed E-state index contributed by atoms with van der Waals surface area (Å²) in [6, 6.07) is 12.8. The zero-order chi connectivity index (χ0) is 21.5. The molecule has 0 unspecified atom stereocenters. The molecular formula is C24H25Cl2N7S. The average Bonchev–Trinajstić information content (AvgIpc) is 3.60. The maximum Gasteiger partial charge on any atom is 0.133 e. The van der Waals surface area contributed by atoms with Crippen LogP contribution in [-0.2, 0) is 0 Å². The fraction of sp³-hybridized carbons (Fsp3) is 0.208. The zero-order valence-electron chi connectivity index (χ0n) is 18.3. The van der Waals surface area contributed by atoms with Gasteiger partial charge in [0.05, 0.1) is 28.0 Å². The highest BCUT2D eigenvalue weighted by atomic mass is 35.5. The Morgan fingerprint density at radius 2 is 1.85 bits per heavy atom. The normalized spacial score (nSPS) is 14.0. The molecule has 1 aliphatic heterocycles. The van der Waals surface area contributed by atoms with Gasteiger partial charge in [0.25, 0.3) is 0 Å². The standard InChI is InChI=1S/C24H23N7S.2ClH/c25-23-19(24-30-21-4-1-3-18(22(21)32-24)20-5-2-8-27-20)11-15(12-28-23)16-13-29-31(14-16)17-6-9-26-10-7-17;;/h1-5,8,11-14,17,26-27H,6-7,9-10H2,(H2,25,28);2*1H. The number of aromatic nitrogens is 5. The van der Waals surface area contributed by atoms with Crippen LogP contribution in [0.25, 0.3) is 43.2 Å². The molecule has 0 saturated carbocycles. The minimum Gasteiger partial charge on any atom is -0.383 e. The van der Waals surface area contributed by atoms with E-state index in [9.17, 15) is 0 Å². The smallest absolute Gasteiger partial charge is 0.133 e. The van der Waals surface area contributed by atoms with Gasteiger partial charge in [0.1, 0.15) is 10.8 Å². The molecule has 10 heteroatoms. The predicted octanol–water partition coefficient (Wildman–Crippen LogP) is 5.57. The Kier molecular flexibility index (Phi) is 7.23. The van der Waals surface area contributed by atoms with Gasteiger partial charge in [-0.2, -0.15) is 5.10 Å². The highest BCUT2D eigenvalue weighted by Gasteiger charge is 2.18. The largest absolute Gasteiger partial charge is 0.383 e. The molecule has 4 N–H and O–H groups in total. The van der Waals surface area contributed by atoms with Crippen molar-refractivity contribution in [3.8, 4) is 33.0 Å². The monoisotopic (exact) mass is 513 g/mol. The summed E-state index contributed by atoms with van der Waals surface area (Å²) in [5.74, 6) is 0.486. The molecule has 5 heterocycles. The molecule has 176 valence electrons. The summed E-state index contributed by atoms with van der Waals surface area (Å²) < 4.78 is 3.22. The lowest BCUT2D eigenvalue weighted by atomic mass is 10.1. The minimum absolute atomic E-state index is 0. The number of hydrogen-bond acceptors (Lipinski definition) is 6.